The van der Waals surface area contributed by atoms with Gasteiger partial charge in [-0.3, -0.25) is 9.36 Å². The molecule has 0 saturated carbocycles. The Labute approximate surface area is 123 Å². The minimum absolute atomic E-state index is 0.111. The third-order valence-electron chi connectivity index (χ3n) is 2.34. The zero-order chi connectivity index (χ0) is 14.0. The lowest BCUT2D eigenvalue weighted by Gasteiger charge is -2.10. The zero-order valence-electron chi connectivity index (χ0n) is 10.8. The number of halogens is 1. The lowest BCUT2D eigenvalue weighted by molar-refractivity contribution is 0.538. The summed E-state index contributed by atoms with van der Waals surface area (Å²) in [5, 5.41) is 0.788. The van der Waals surface area contributed by atoms with Gasteiger partial charge in [0.2, 0.25) is 0 Å². The van der Waals surface area contributed by atoms with Gasteiger partial charge in [0.05, 0.1) is 4.47 Å². The van der Waals surface area contributed by atoms with Crippen LogP contribution >= 0.6 is 28.2 Å². The molecule has 0 aromatic carbocycles. The molecule has 0 amide bonds. The molecular weight excluding hydrogens is 332 g/mol. The van der Waals surface area contributed by atoms with Crippen molar-refractivity contribution >= 4 is 39.2 Å². The molecule has 2 aromatic rings. The molecule has 8 heteroatoms. The first kappa shape index (κ1) is 14.3. The Balaban J connectivity index is 2.52. The second kappa shape index (κ2) is 5.89. The van der Waals surface area contributed by atoms with Gasteiger partial charge in [0, 0.05) is 32.2 Å². The average Bonchev–Trinajstić information content (AvgIpc) is 2.38. The zero-order valence-corrected chi connectivity index (χ0v) is 13.2. The fourth-order valence-electron chi connectivity index (χ4n) is 1.55. The van der Waals surface area contributed by atoms with Crippen molar-refractivity contribution in [2.75, 3.05) is 14.1 Å². The Hall–Kier alpha value is -1.12. The minimum Gasteiger partial charge on any atom is -0.372 e. The normalized spacial score (nSPS) is 11.2. The summed E-state index contributed by atoms with van der Waals surface area (Å²) in [5.74, 6) is 0. The van der Waals surface area contributed by atoms with Gasteiger partial charge in [0.25, 0.3) is 5.56 Å². The summed E-state index contributed by atoms with van der Waals surface area (Å²) >= 11 is 4.37. The first-order valence-electron chi connectivity index (χ1n) is 5.61. The number of nitrogens with zero attached hydrogens (tertiary/aromatic N) is 4. The summed E-state index contributed by atoms with van der Waals surface area (Å²) in [6, 6.07) is 1.95. The van der Waals surface area contributed by atoms with E-state index in [1.807, 2.05) is 21.0 Å². The molecule has 0 aliphatic rings. The molecule has 102 valence electrons. The fraction of sp³-hybridized carbons (Fsp3) is 0.364. The molecule has 0 unspecified atom stereocenters. The average molecular weight is 345 g/mol. The van der Waals surface area contributed by atoms with Gasteiger partial charge in [0.15, 0.2) is 0 Å². The third kappa shape index (κ3) is 3.07. The first-order valence-corrected chi connectivity index (χ1v) is 7.10. The van der Waals surface area contributed by atoms with Crippen molar-refractivity contribution in [3.05, 3.63) is 27.1 Å². The maximum absolute atomic E-state index is 12.0. The molecule has 0 aliphatic heterocycles. The molecule has 0 radical (unpaired) electrons. The van der Waals surface area contributed by atoms with E-state index in [1.54, 1.807) is 21.1 Å². The van der Waals surface area contributed by atoms with Crippen molar-refractivity contribution in [2.45, 2.75) is 13.5 Å². The molecule has 0 fully saturated rings. The first-order chi connectivity index (χ1) is 9.02. The molecule has 0 spiro atoms. The Morgan fingerprint density at radius 1 is 1.53 bits per heavy atom. The Morgan fingerprint density at radius 3 is 2.89 bits per heavy atom. The van der Waals surface area contributed by atoms with Crippen molar-refractivity contribution in [2.24, 2.45) is 0 Å². The number of rotatable bonds is 4. The Kier molecular flexibility index (Phi) is 4.43. The standard InChI is InChI=1S/C11H13BrN4O2S/c1-4-16-9-7(5-8(12)10(16)17)6-13-11(14-9)18-19-15(2)3/h5-6H,4H2,1-3H3. The number of aromatic nitrogens is 3. The maximum atomic E-state index is 12.0. The highest BCUT2D eigenvalue weighted by Gasteiger charge is 2.10. The van der Waals surface area contributed by atoms with Crippen LogP contribution in [0.3, 0.4) is 0 Å². The third-order valence-corrected chi connectivity index (χ3v) is 3.43. The van der Waals surface area contributed by atoms with Gasteiger partial charge in [-0.15, -0.1) is 0 Å². The quantitative estimate of drug-likeness (QED) is 0.625. The van der Waals surface area contributed by atoms with Crippen molar-refractivity contribution in [3.8, 4) is 6.01 Å². The summed E-state index contributed by atoms with van der Waals surface area (Å²) in [7, 11) is 3.70. The van der Waals surface area contributed by atoms with Crippen molar-refractivity contribution in [1.82, 2.24) is 18.8 Å². The minimum atomic E-state index is -0.111. The van der Waals surface area contributed by atoms with E-state index in [2.05, 4.69) is 25.9 Å². The van der Waals surface area contributed by atoms with Gasteiger partial charge >= 0.3 is 6.01 Å². The van der Waals surface area contributed by atoms with Gasteiger partial charge in [-0.05, 0) is 28.9 Å². The highest BCUT2D eigenvalue weighted by molar-refractivity contribution is 9.10. The molecule has 0 saturated heterocycles. The van der Waals surface area contributed by atoms with E-state index in [4.69, 9.17) is 4.18 Å². The van der Waals surface area contributed by atoms with Crippen molar-refractivity contribution in [1.29, 1.82) is 0 Å². The predicted octanol–water partition coefficient (Wildman–Crippen LogP) is 2.08. The largest absolute Gasteiger partial charge is 0.372 e. The summed E-state index contributed by atoms with van der Waals surface area (Å²) in [4.78, 5) is 20.4. The number of fused-ring (bicyclic) bond motifs is 1. The summed E-state index contributed by atoms with van der Waals surface area (Å²) in [5.41, 5.74) is 0.458. The van der Waals surface area contributed by atoms with Crippen molar-refractivity contribution in [3.63, 3.8) is 0 Å². The van der Waals surface area contributed by atoms with Crippen molar-refractivity contribution < 1.29 is 4.18 Å². The smallest absolute Gasteiger partial charge is 0.332 e. The molecular formula is C11H13BrN4O2S. The fourth-order valence-corrected chi connectivity index (χ4v) is 2.31. The van der Waals surface area contributed by atoms with E-state index < -0.39 is 0 Å². The lowest BCUT2D eigenvalue weighted by Crippen LogP contribution is -2.21. The van der Waals surface area contributed by atoms with E-state index in [0.29, 0.717) is 16.7 Å². The van der Waals surface area contributed by atoms with E-state index >= 15 is 0 Å². The van der Waals surface area contributed by atoms with Crippen LogP contribution in [0.1, 0.15) is 6.92 Å². The highest BCUT2D eigenvalue weighted by Crippen LogP contribution is 2.18. The summed E-state index contributed by atoms with van der Waals surface area (Å²) in [6.07, 6.45) is 1.64. The van der Waals surface area contributed by atoms with Crippen LogP contribution in [0.15, 0.2) is 21.5 Å². The number of hydrogen-bond donors (Lipinski definition) is 0. The Bertz CT molecular complexity index is 659. The number of pyridine rings is 1. The SMILES string of the molecule is CCn1c(=O)c(Br)cc2cnc(OSN(C)C)nc21. The van der Waals surface area contributed by atoms with Crippen LogP contribution in [-0.4, -0.2) is 32.9 Å². The monoisotopic (exact) mass is 344 g/mol. The molecule has 19 heavy (non-hydrogen) atoms. The molecule has 0 N–H and O–H groups in total. The number of hydrogen-bond acceptors (Lipinski definition) is 6. The second-order valence-corrected chi connectivity index (χ2v) is 5.84. The van der Waals surface area contributed by atoms with E-state index in [1.165, 1.54) is 0 Å². The van der Waals surface area contributed by atoms with Crippen LogP contribution in [0, 0.1) is 0 Å². The highest BCUT2D eigenvalue weighted by atomic mass is 79.9. The van der Waals surface area contributed by atoms with Gasteiger partial charge in [-0.1, -0.05) is 0 Å². The summed E-state index contributed by atoms with van der Waals surface area (Å²) in [6.45, 7) is 2.43. The van der Waals surface area contributed by atoms with E-state index in [-0.39, 0.29) is 11.6 Å². The number of aryl methyl sites for hydroxylation is 1. The lowest BCUT2D eigenvalue weighted by atomic mass is 10.3. The van der Waals surface area contributed by atoms with Crippen LogP contribution in [0.25, 0.3) is 11.0 Å². The van der Waals surface area contributed by atoms with Crippen LogP contribution in [0.2, 0.25) is 0 Å². The van der Waals surface area contributed by atoms with Gasteiger partial charge in [-0.25, -0.2) is 9.29 Å². The molecule has 2 rings (SSSR count). The van der Waals surface area contributed by atoms with E-state index in [9.17, 15) is 4.79 Å². The topological polar surface area (TPSA) is 60.3 Å². The van der Waals surface area contributed by atoms with Gasteiger partial charge in [-0.2, -0.15) is 4.98 Å². The summed E-state index contributed by atoms with van der Waals surface area (Å²) < 4.78 is 9.20. The van der Waals surface area contributed by atoms with Gasteiger partial charge < -0.3 is 4.18 Å². The molecule has 0 atom stereocenters. The van der Waals surface area contributed by atoms with Crippen LogP contribution in [0.5, 0.6) is 6.01 Å². The maximum Gasteiger partial charge on any atom is 0.332 e. The molecule has 6 nitrogen and oxygen atoms in total. The molecule has 0 aliphatic carbocycles. The second-order valence-electron chi connectivity index (χ2n) is 3.94. The predicted molar refractivity (Wildman–Crippen MR) is 79.1 cm³/mol. The molecule has 0 bridgehead atoms. The van der Waals surface area contributed by atoms with Crippen LogP contribution in [-0.2, 0) is 6.54 Å². The molecule has 2 heterocycles. The Morgan fingerprint density at radius 2 is 2.26 bits per heavy atom. The molecule has 2 aromatic heterocycles. The van der Waals surface area contributed by atoms with Crippen LogP contribution in [0.4, 0.5) is 0 Å². The van der Waals surface area contributed by atoms with Crippen LogP contribution < -0.4 is 9.74 Å². The van der Waals surface area contributed by atoms with Gasteiger partial charge in [0.1, 0.15) is 17.9 Å². The van der Waals surface area contributed by atoms with E-state index in [0.717, 1.165) is 17.6 Å².